The van der Waals surface area contributed by atoms with E-state index in [9.17, 15) is 0 Å². The van der Waals surface area contributed by atoms with Crippen LogP contribution in [-0.2, 0) is 4.74 Å². The van der Waals surface area contributed by atoms with E-state index in [0.717, 1.165) is 0 Å². The topological polar surface area (TPSA) is 9.23 Å². The van der Waals surface area contributed by atoms with E-state index in [0.29, 0.717) is 6.61 Å². The van der Waals surface area contributed by atoms with E-state index in [4.69, 9.17) is 23.2 Å². The molecule has 0 aromatic heterocycles. The Bertz CT molecular complexity index is 48.8. The average Bonchev–Trinajstić information content (AvgIpc) is 1.61. The Morgan fingerprint density at radius 3 is 2.00 bits per heavy atom. The first-order valence-corrected chi connectivity index (χ1v) is 2.58. The third-order valence-corrected chi connectivity index (χ3v) is 1.61. The largest absolute Gasteiger partial charge is 0.359 e. The smallest absolute Gasteiger partial charge is 0.149 e. The summed E-state index contributed by atoms with van der Waals surface area (Å²) in [6.45, 7) is 0.607. The number of hydrogen-bond acceptors (Lipinski definition) is 1. The standard InChI is InChI=1S/C3H4Cl2O/c4-2-1-6-3(2)5/h2-3H,1H2/t2-,3+/m0/s1. The second-order valence-corrected chi connectivity index (χ2v) is 2.19. The van der Waals surface area contributed by atoms with Gasteiger partial charge in [-0.05, 0) is 0 Å². The molecule has 0 N–H and O–H groups in total. The summed E-state index contributed by atoms with van der Waals surface area (Å²) < 4.78 is 4.68. The molecule has 2 atom stereocenters. The molecule has 1 aliphatic heterocycles. The van der Waals surface area contributed by atoms with E-state index in [1.807, 2.05) is 0 Å². The molecule has 1 fully saturated rings. The quantitative estimate of drug-likeness (QED) is 0.444. The van der Waals surface area contributed by atoms with Crippen LogP contribution in [0.2, 0.25) is 0 Å². The van der Waals surface area contributed by atoms with Crippen LogP contribution in [0.4, 0.5) is 0 Å². The minimum atomic E-state index is -0.230. The van der Waals surface area contributed by atoms with E-state index in [-0.39, 0.29) is 10.9 Å². The minimum absolute atomic E-state index is 0.0478. The van der Waals surface area contributed by atoms with Crippen molar-refractivity contribution in [2.75, 3.05) is 6.61 Å². The number of hydrogen-bond donors (Lipinski definition) is 0. The van der Waals surface area contributed by atoms with Gasteiger partial charge in [0, 0.05) is 0 Å². The molecule has 0 saturated carbocycles. The molecule has 36 valence electrons. The van der Waals surface area contributed by atoms with Crippen molar-refractivity contribution in [2.24, 2.45) is 0 Å². The van der Waals surface area contributed by atoms with E-state index in [2.05, 4.69) is 4.74 Å². The molecule has 0 aromatic rings. The number of halogens is 2. The third kappa shape index (κ3) is 0.625. The van der Waals surface area contributed by atoms with Crippen LogP contribution < -0.4 is 0 Å². The van der Waals surface area contributed by atoms with Gasteiger partial charge in [-0.1, -0.05) is 11.6 Å². The van der Waals surface area contributed by atoms with Crippen molar-refractivity contribution in [1.29, 1.82) is 0 Å². The molecule has 1 heterocycles. The number of ether oxygens (including phenoxy) is 1. The van der Waals surface area contributed by atoms with Crippen molar-refractivity contribution in [3.8, 4) is 0 Å². The molecular weight excluding hydrogens is 123 g/mol. The van der Waals surface area contributed by atoms with Crippen LogP contribution in [0.15, 0.2) is 0 Å². The normalized spacial score (nSPS) is 45.0. The van der Waals surface area contributed by atoms with Gasteiger partial charge in [0.15, 0.2) is 0 Å². The lowest BCUT2D eigenvalue weighted by Gasteiger charge is -2.25. The van der Waals surface area contributed by atoms with Gasteiger partial charge in [-0.2, -0.15) is 0 Å². The fourth-order valence-corrected chi connectivity index (χ4v) is 0.533. The highest BCUT2D eigenvalue weighted by atomic mass is 35.5. The molecule has 1 nitrogen and oxygen atoms in total. The van der Waals surface area contributed by atoms with Crippen LogP contribution in [0.25, 0.3) is 0 Å². The number of alkyl halides is 2. The van der Waals surface area contributed by atoms with Crippen LogP contribution in [-0.4, -0.2) is 17.5 Å². The maximum Gasteiger partial charge on any atom is 0.149 e. The molecule has 1 aliphatic rings. The first kappa shape index (κ1) is 4.69. The van der Waals surface area contributed by atoms with Gasteiger partial charge in [0.2, 0.25) is 0 Å². The van der Waals surface area contributed by atoms with E-state index < -0.39 is 0 Å². The summed E-state index contributed by atoms with van der Waals surface area (Å²) in [6.07, 6.45) is 0. The van der Waals surface area contributed by atoms with Crippen LogP contribution >= 0.6 is 23.2 Å². The Hall–Kier alpha value is 0.540. The zero-order valence-electron chi connectivity index (χ0n) is 3.03. The predicted octanol–water partition coefficient (Wildman–Crippen LogP) is 1.19. The van der Waals surface area contributed by atoms with Gasteiger partial charge >= 0.3 is 0 Å². The Morgan fingerprint density at radius 1 is 1.50 bits per heavy atom. The maximum atomic E-state index is 5.44. The van der Waals surface area contributed by atoms with Crippen molar-refractivity contribution >= 4 is 23.2 Å². The summed E-state index contributed by atoms with van der Waals surface area (Å²) in [7, 11) is 0. The lowest BCUT2D eigenvalue weighted by atomic mass is 10.4. The fourth-order valence-electron chi connectivity index (χ4n) is 0.242. The molecule has 3 heteroatoms. The second kappa shape index (κ2) is 1.57. The number of rotatable bonds is 0. The van der Waals surface area contributed by atoms with Gasteiger partial charge in [-0.15, -0.1) is 11.6 Å². The fraction of sp³-hybridized carbons (Fsp3) is 1.00. The molecule has 0 bridgehead atoms. The van der Waals surface area contributed by atoms with E-state index in [1.54, 1.807) is 0 Å². The summed E-state index contributed by atoms with van der Waals surface area (Å²) >= 11 is 10.8. The lowest BCUT2D eigenvalue weighted by molar-refractivity contribution is 0.0103. The van der Waals surface area contributed by atoms with Gasteiger partial charge in [-0.3, -0.25) is 0 Å². The summed E-state index contributed by atoms with van der Waals surface area (Å²) in [5.41, 5.74) is -0.230. The highest BCUT2D eigenvalue weighted by molar-refractivity contribution is 6.30. The Kier molecular flexibility index (Phi) is 1.22. The molecule has 0 aliphatic carbocycles. The van der Waals surface area contributed by atoms with Crippen LogP contribution in [0.3, 0.4) is 0 Å². The van der Waals surface area contributed by atoms with Crippen molar-refractivity contribution in [1.82, 2.24) is 0 Å². The molecule has 1 rings (SSSR count). The Morgan fingerprint density at radius 2 is 2.00 bits per heavy atom. The SMILES string of the molecule is Cl[C@@H]1OC[C@@H]1Cl. The van der Waals surface area contributed by atoms with Crippen molar-refractivity contribution in [3.63, 3.8) is 0 Å². The van der Waals surface area contributed by atoms with Gasteiger partial charge < -0.3 is 4.74 Å². The summed E-state index contributed by atoms with van der Waals surface area (Å²) in [6, 6.07) is 0. The molecule has 0 radical (unpaired) electrons. The highest BCUT2D eigenvalue weighted by Crippen LogP contribution is 2.21. The lowest BCUT2D eigenvalue weighted by Crippen LogP contribution is -2.35. The molecule has 6 heavy (non-hydrogen) atoms. The molecular formula is C3H4Cl2O. The first-order valence-electron chi connectivity index (χ1n) is 1.70. The average molecular weight is 127 g/mol. The Labute approximate surface area is 46.2 Å². The maximum absolute atomic E-state index is 5.44. The minimum Gasteiger partial charge on any atom is -0.359 e. The van der Waals surface area contributed by atoms with Crippen molar-refractivity contribution in [3.05, 3.63) is 0 Å². The summed E-state index contributed by atoms with van der Waals surface area (Å²) in [5.74, 6) is 0. The second-order valence-electron chi connectivity index (χ2n) is 1.20. The first-order chi connectivity index (χ1) is 2.80. The van der Waals surface area contributed by atoms with Crippen molar-refractivity contribution in [2.45, 2.75) is 10.9 Å². The van der Waals surface area contributed by atoms with Gasteiger partial charge in [0.25, 0.3) is 0 Å². The zero-order chi connectivity index (χ0) is 4.57. The van der Waals surface area contributed by atoms with Gasteiger partial charge in [0.05, 0.1) is 12.0 Å². The predicted molar refractivity (Wildman–Crippen MR) is 25.2 cm³/mol. The summed E-state index contributed by atoms with van der Waals surface area (Å²) in [5, 5.41) is 0.0478. The van der Waals surface area contributed by atoms with Gasteiger partial charge in [-0.25, -0.2) is 0 Å². The monoisotopic (exact) mass is 126 g/mol. The van der Waals surface area contributed by atoms with Crippen LogP contribution in [0, 0.1) is 0 Å². The summed E-state index contributed by atoms with van der Waals surface area (Å²) in [4.78, 5) is 0. The molecule has 0 amide bonds. The molecule has 1 saturated heterocycles. The molecule has 0 aromatic carbocycles. The molecule has 0 unspecified atom stereocenters. The highest BCUT2D eigenvalue weighted by Gasteiger charge is 2.27. The van der Waals surface area contributed by atoms with Gasteiger partial charge in [0.1, 0.15) is 5.56 Å². The van der Waals surface area contributed by atoms with E-state index in [1.165, 1.54) is 0 Å². The van der Waals surface area contributed by atoms with E-state index >= 15 is 0 Å². The third-order valence-electron chi connectivity index (χ3n) is 0.699. The molecule has 0 spiro atoms. The van der Waals surface area contributed by atoms with Crippen LogP contribution in [0.1, 0.15) is 0 Å². The Balaban J connectivity index is 2.20. The van der Waals surface area contributed by atoms with Crippen LogP contribution in [0.5, 0.6) is 0 Å². The zero-order valence-corrected chi connectivity index (χ0v) is 4.54. The van der Waals surface area contributed by atoms with Crippen molar-refractivity contribution < 1.29 is 4.74 Å².